The van der Waals surface area contributed by atoms with Crippen molar-refractivity contribution < 1.29 is 4.74 Å². The zero-order valence-electron chi connectivity index (χ0n) is 10.1. The molecule has 0 aliphatic carbocycles. The molecule has 0 aliphatic heterocycles. The molecule has 5 heteroatoms. The molecular formula is C14H13BrClNOS. The Balaban J connectivity index is 1.82. The number of nitrogen functional groups attached to an aromatic ring is 1. The molecule has 2 N–H and O–H groups in total. The molecule has 0 aliphatic rings. The number of rotatable bonds is 5. The van der Waals surface area contributed by atoms with E-state index in [-0.39, 0.29) is 0 Å². The Morgan fingerprint density at radius 1 is 1.21 bits per heavy atom. The molecule has 0 saturated heterocycles. The maximum Gasteiger partial charge on any atom is 0.120 e. The summed E-state index contributed by atoms with van der Waals surface area (Å²) in [6.45, 7) is 0.608. The number of ether oxygens (including phenoxy) is 1. The minimum atomic E-state index is 0.608. The molecule has 0 bridgehead atoms. The van der Waals surface area contributed by atoms with Gasteiger partial charge in [0.1, 0.15) is 5.75 Å². The second-order valence-corrected chi connectivity index (χ2v) is 6.33. The van der Waals surface area contributed by atoms with E-state index in [4.69, 9.17) is 22.1 Å². The fourth-order valence-corrected chi connectivity index (χ4v) is 3.03. The fourth-order valence-electron chi connectivity index (χ4n) is 1.50. The normalized spacial score (nSPS) is 10.4. The van der Waals surface area contributed by atoms with Crippen molar-refractivity contribution in [2.75, 3.05) is 18.1 Å². The van der Waals surface area contributed by atoms with Crippen LogP contribution in [0.15, 0.2) is 51.8 Å². The van der Waals surface area contributed by atoms with E-state index in [2.05, 4.69) is 15.9 Å². The van der Waals surface area contributed by atoms with Gasteiger partial charge in [0.2, 0.25) is 0 Å². The van der Waals surface area contributed by atoms with Gasteiger partial charge < -0.3 is 10.5 Å². The maximum absolute atomic E-state index is 5.90. The number of nitrogens with two attached hydrogens (primary N) is 1. The van der Waals surface area contributed by atoms with Crippen LogP contribution < -0.4 is 10.5 Å². The first-order valence-electron chi connectivity index (χ1n) is 5.71. The Morgan fingerprint density at radius 2 is 2.05 bits per heavy atom. The van der Waals surface area contributed by atoms with Gasteiger partial charge in [0.15, 0.2) is 0 Å². The average molecular weight is 359 g/mol. The van der Waals surface area contributed by atoms with E-state index in [1.807, 2.05) is 36.4 Å². The first kappa shape index (κ1) is 14.6. The summed E-state index contributed by atoms with van der Waals surface area (Å²) in [7, 11) is 0. The molecule has 0 spiro atoms. The van der Waals surface area contributed by atoms with Crippen LogP contribution in [0.3, 0.4) is 0 Å². The molecule has 2 rings (SSSR count). The van der Waals surface area contributed by atoms with Crippen molar-refractivity contribution in [3.63, 3.8) is 0 Å². The Labute approximate surface area is 130 Å². The van der Waals surface area contributed by atoms with Gasteiger partial charge in [0, 0.05) is 25.8 Å². The predicted octanol–water partition coefficient (Wildman–Crippen LogP) is 4.86. The van der Waals surface area contributed by atoms with Crippen molar-refractivity contribution in [3.8, 4) is 5.75 Å². The van der Waals surface area contributed by atoms with E-state index >= 15 is 0 Å². The van der Waals surface area contributed by atoms with Crippen molar-refractivity contribution >= 4 is 45.0 Å². The van der Waals surface area contributed by atoms with E-state index in [1.54, 1.807) is 17.8 Å². The molecule has 0 aromatic heterocycles. The molecule has 2 nitrogen and oxygen atoms in total. The molecule has 0 saturated carbocycles. The number of hydrogen-bond acceptors (Lipinski definition) is 3. The summed E-state index contributed by atoms with van der Waals surface area (Å²) in [6.07, 6.45) is 0. The minimum absolute atomic E-state index is 0.608. The van der Waals surface area contributed by atoms with Crippen molar-refractivity contribution in [2.24, 2.45) is 0 Å². The van der Waals surface area contributed by atoms with Gasteiger partial charge in [-0.2, -0.15) is 0 Å². The lowest BCUT2D eigenvalue weighted by Gasteiger charge is -2.08. The molecule has 19 heavy (non-hydrogen) atoms. The van der Waals surface area contributed by atoms with Gasteiger partial charge in [-0.15, -0.1) is 11.8 Å². The molecule has 2 aromatic carbocycles. The summed E-state index contributed by atoms with van der Waals surface area (Å²) < 4.78 is 6.65. The van der Waals surface area contributed by atoms with Gasteiger partial charge >= 0.3 is 0 Å². The van der Waals surface area contributed by atoms with Crippen LogP contribution in [0.1, 0.15) is 0 Å². The number of benzene rings is 2. The van der Waals surface area contributed by atoms with Gasteiger partial charge in [-0.25, -0.2) is 0 Å². The molecule has 100 valence electrons. The van der Waals surface area contributed by atoms with Crippen LogP contribution in [0.4, 0.5) is 5.69 Å². The van der Waals surface area contributed by atoms with E-state index in [0.29, 0.717) is 11.6 Å². The van der Waals surface area contributed by atoms with E-state index < -0.39 is 0 Å². The first-order chi connectivity index (χ1) is 9.15. The van der Waals surface area contributed by atoms with Gasteiger partial charge in [0.25, 0.3) is 0 Å². The SMILES string of the molecule is Nc1ccc(Br)cc1SCCOc1cccc(Cl)c1. The summed E-state index contributed by atoms with van der Waals surface area (Å²) >= 11 is 11.0. The maximum atomic E-state index is 5.90. The molecule has 0 radical (unpaired) electrons. The summed E-state index contributed by atoms with van der Waals surface area (Å²) in [6, 6.07) is 13.2. The second kappa shape index (κ2) is 7.08. The largest absolute Gasteiger partial charge is 0.493 e. The standard InChI is InChI=1S/C14H13BrClNOS/c15-10-4-5-13(17)14(8-10)19-7-6-18-12-3-1-2-11(16)9-12/h1-5,8-9H,6-7,17H2. The summed E-state index contributed by atoms with van der Waals surface area (Å²) in [5, 5.41) is 0.682. The molecule has 0 atom stereocenters. The highest BCUT2D eigenvalue weighted by Crippen LogP contribution is 2.28. The fraction of sp³-hybridized carbons (Fsp3) is 0.143. The van der Waals surface area contributed by atoms with Crippen molar-refractivity contribution in [2.45, 2.75) is 4.90 Å². The van der Waals surface area contributed by atoms with Crippen LogP contribution in [0.25, 0.3) is 0 Å². The van der Waals surface area contributed by atoms with E-state index in [0.717, 1.165) is 26.6 Å². The third-order valence-electron chi connectivity index (χ3n) is 2.38. The van der Waals surface area contributed by atoms with Crippen LogP contribution in [0.5, 0.6) is 5.75 Å². The van der Waals surface area contributed by atoms with Crippen molar-refractivity contribution in [1.29, 1.82) is 0 Å². The lowest BCUT2D eigenvalue weighted by Crippen LogP contribution is -2.00. The number of halogens is 2. The van der Waals surface area contributed by atoms with Gasteiger partial charge in [0.05, 0.1) is 6.61 Å². The Morgan fingerprint density at radius 3 is 2.84 bits per heavy atom. The van der Waals surface area contributed by atoms with Crippen molar-refractivity contribution in [1.82, 2.24) is 0 Å². The molecule has 0 fully saturated rings. The second-order valence-electron chi connectivity index (χ2n) is 3.84. The summed E-state index contributed by atoms with van der Waals surface area (Å²) in [4.78, 5) is 1.06. The zero-order chi connectivity index (χ0) is 13.7. The highest BCUT2D eigenvalue weighted by molar-refractivity contribution is 9.10. The summed E-state index contributed by atoms with van der Waals surface area (Å²) in [5.74, 6) is 1.61. The summed E-state index contributed by atoms with van der Waals surface area (Å²) in [5.41, 5.74) is 6.69. The minimum Gasteiger partial charge on any atom is -0.493 e. The Kier molecular flexibility index (Phi) is 5.43. The molecule has 0 amide bonds. The monoisotopic (exact) mass is 357 g/mol. The molecule has 2 aromatic rings. The lowest BCUT2D eigenvalue weighted by molar-refractivity contribution is 0.344. The van der Waals surface area contributed by atoms with Gasteiger partial charge in [-0.3, -0.25) is 0 Å². The number of thioether (sulfide) groups is 1. The third-order valence-corrected chi connectivity index (χ3v) is 4.15. The Bertz CT molecular complexity index is 565. The van der Waals surface area contributed by atoms with Crippen LogP contribution in [-0.4, -0.2) is 12.4 Å². The van der Waals surface area contributed by atoms with Crippen LogP contribution in [0.2, 0.25) is 5.02 Å². The molecule has 0 heterocycles. The number of anilines is 1. The van der Waals surface area contributed by atoms with Gasteiger partial charge in [-0.05, 0) is 36.4 Å². The Hall–Kier alpha value is -0.840. The highest BCUT2D eigenvalue weighted by Gasteiger charge is 2.01. The molecule has 0 unspecified atom stereocenters. The third kappa shape index (κ3) is 4.64. The first-order valence-corrected chi connectivity index (χ1v) is 7.87. The average Bonchev–Trinajstić information content (AvgIpc) is 2.39. The van der Waals surface area contributed by atoms with Crippen LogP contribution in [0, 0.1) is 0 Å². The van der Waals surface area contributed by atoms with Crippen LogP contribution >= 0.6 is 39.3 Å². The predicted molar refractivity (Wildman–Crippen MR) is 86.2 cm³/mol. The number of hydrogen-bond donors (Lipinski definition) is 1. The van der Waals surface area contributed by atoms with Crippen molar-refractivity contribution in [3.05, 3.63) is 52.0 Å². The van der Waals surface area contributed by atoms with E-state index in [1.165, 1.54) is 0 Å². The molecular weight excluding hydrogens is 346 g/mol. The topological polar surface area (TPSA) is 35.2 Å². The van der Waals surface area contributed by atoms with Gasteiger partial charge in [-0.1, -0.05) is 33.6 Å². The van der Waals surface area contributed by atoms with E-state index in [9.17, 15) is 0 Å². The van der Waals surface area contributed by atoms with Crippen LogP contribution in [-0.2, 0) is 0 Å². The zero-order valence-corrected chi connectivity index (χ0v) is 13.3. The lowest BCUT2D eigenvalue weighted by atomic mass is 10.3. The quantitative estimate of drug-likeness (QED) is 0.471. The highest BCUT2D eigenvalue weighted by atomic mass is 79.9. The smallest absolute Gasteiger partial charge is 0.120 e.